The molecule has 1 aliphatic heterocycles. The summed E-state index contributed by atoms with van der Waals surface area (Å²) in [6, 6.07) is 17.8. The Balaban J connectivity index is 1.10. The number of benzene rings is 1. The third kappa shape index (κ3) is 5.14. The summed E-state index contributed by atoms with van der Waals surface area (Å²) in [7, 11) is 1.68. The SMILES string of the molecule is Cn1cc(-c2ccnc(-n3ccn4c5c(cc4c3=O)CC(C)(C)C5)c2CO)cc(Nc2ccc(-c3ccc(C4COC4)cc3)cn2)c1=O. The Morgan fingerprint density at radius 1 is 0.938 bits per heavy atom. The Hall–Kier alpha value is -5.32. The highest BCUT2D eigenvalue weighted by atomic mass is 16.5. The maximum Gasteiger partial charge on any atom is 0.280 e. The molecule has 10 heteroatoms. The van der Waals surface area contributed by atoms with Crippen molar-refractivity contribution in [3.63, 3.8) is 0 Å². The molecule has 1 saturated heterocycles. The summed E-state index contributed by atoms with van der Waals surface area (Å²) >= 11 is 0. The number of hydrogen-bond donors (Lipinski definition) is 2. The summed E-state index contributed by atoms with van der Waals surface area (Å²) in [5, 5.41) is 13.8. The molecule has 48 heavy (non-hydrogen) atoms. The lowest BCUT2D eigenvalue weighted by atomic mass is 9.90. The first-order valence-electron chi connectivity index (χ1n) is 16.1. The fraction of sp³-hybridized carbons (Fsp3) is 0.263. The van der Waals surface area contributed by atoms with E-state index in [1.165, 1.54) is 26.0 Å². The maximum absolute atomic E-state index is 13.8. The summed E-state index contributed by atoms with van der Waals surface area (Å²) in [5.41, 5.74) is 8.14. The van der Waals surface area contributed by atoms with Crippen molar-refractivity contribution in [3.05, 3.63) is 129 Å². The summed E-state index contributed by atoms with van der Waals surface area (Å²) in [6.45, 7) is 5.67. The molecule has 0 radical (unpaired) electrons. The van der Waals surface area contributed by atoms with Crippen molar-refractivity contribution in [1.29, 1.82) is 0 Å². The van der Waals surface area contributed by atoms with E-state index >= 15 is 0 Å². The number of aromatic nitrogens is 5. The third-order valence-corrected chi connectivity index (χ3v) is 9.64. The van der Waals surface area contributed by atoms with Crippen LogP contribution in [0.3, 0.4) is 0 Å². The number of ether oxygens (including phenoxy) is 1. The Bertz CT molecular complexity index is 2310. The minimum absolute atomic E-state index is 0.169. The summed E-state index contributed by atoms with van der Waals surface area (Å²) in [4.78, 5) is 36.1. The fourth-order valence-corrected chi connectivity index (χ4v) is 7.04. The number of hydrogen-bond acceptors (Lipinski definition) is 7. The molecule has 0 spiro atoms. The summed E-state index contributed by atoms with van der Waals surface area (Å²) < 4.78 is 10.3. The molecule has 5 aromatic heterocycles. The third-order valence-electron chi connectivity index (χ3n) is 9.64. The van der Waals surface area contributed by atoms with Crippen LogP contribution >= 0.6 is 0 Å². The second kappa shape index (κ2) is 11.4. The number of nitrogens with one attached hydrogen (secondary N) is 1. The Morgan fingerprint density at radius 3 is 2.44 bits per heavy atom. The predicted molar refractivity (Wildman–Crippen MR) is 185 cm³/mol. The van der Waals surface area contributed by atoms with Gasteiger partial charge in [0.05, 0.1) is 19.8 Å². The molecule has 0 amide bonds. The van der Waals surface area contributed by atoms with Gasteiger partial charge < -0.3 is 24.1 Å². The monoisotopic (exact) mass is 640 g/mol. The first-order chi connectivity index (χ1) is 23.2. The van der Waals surface area contributed by atoms with Crippen molar-refractivity contribution in [2.45, 2.75) is 39.2 Å². The van der Waals surface area contributed by atoms with E-state index in [4.69, 9.17) is 4.74 Å². The molecule has 6 aromatic rings. The number of fused-ring (bicyclic) bond motifs is 3. The Morgan fingerprint density at radius 2 is 1.73 bits per heavy atom. The molecule has 2 N–H and O–H groups in total. The van der Waals surface area contributed by atoms with Crippen molar-refractivity contribution < 1.29 is 9.84 Å². The van der Waals surface area contributed by atoms with Gasteiger partial charge in [0.1, 0.15) is 22.8 Å². The average molecular weight is 641 g/mol. The number of anilines is 2. The number of aliphatic hydroxyl groups is 1. The number of rotatable bonds is 7. The lowest BCUT2D eigenvalue weighted by Crippen LogP contribution is -2.24. The molecule has 6 heterocycles. The van der Waals surface area contributed by atoms with E-state index in [1.807, 2.05) is 28.8 Å². The van der Waals surface area contributed by atoms with Crippen LogP contribution in [0.5, 0.6) is 0 Å². The maximum atomic E-state index is 13.8. The van der Waals surface area contributed by atoms with Crippen LogP contribution < -0.4 is 16.4 Å². The predicted octanol–water partition coefficient (Wildman–Crippen LogP) is 5.39. The van der Waals surface area contributed by atoms with Crippen LogP contribution in [0.4, 0.5) is 11.5 Å². The zero-order valence-corrected chi connectivity index (χ0v) is 27.1. The van der Waals surface area contributed by atoms with E-state index in [0.717, 1.165) is 37.2 Å². The lowest BCUT2D eigenvalue weighted by molar-refractivity contribution is 0.00843. The average Bonchev–Trinajstić information content (AvgIpc) is 3.55. The van der Waals surface area contributed by atoms with Gasteiger partial charge in [0, 0.05) is 66.3 Å². The summed E-state index contributed by atoms with van der Waals surface area (Å²) in [6.07, 6.45) is 10.6. The molecule has 1 aliphatic carbocycles. The van der Waals surface area contributed by atoms with Crippen LogP contribution in [0.25, 0.3) is 33.6 Å². The van der Waals surface area contributed by atoms with Crippen LogP contribution in [0.15, 0.2) is 95.2 Å². The minimum Gasteiger partial charge on any atom is -0.392 e. The van der Waals surface area contributed by atoms with Gasteiger partial charge in [-0.05, 0) is 70.8 Å². The van der Waals surface area contributed by atoms with Gasteiger partial charge in [-0.3, -0.25) is 14.2 Å². The van der Waals surface area contributed by atoms with E-state index in [1.54, 1.807) is 44.0 Å². The van der Waals surface area contributed by atoms with Crippen molar-refractivity contribution >= 4 is 17.0 Å². The first-order valence-corrected chi connectivity index (χ1v) is 16.1. The highest BCUT2D eigenvalue weighted by molar-refractivity contribution is 5.74. The van der Waals surface area contributed by atoms with Gasteiger partial charge in [0.15, 0.2) is 0 Å². The molecule has 242 valence electrons. The highest BCUT2D eigenvalue weighted by Gasteiger charge is 2.32. The minimum atomic E-state index is -0.355. The lowest BCUT2D eigenvalue weighted by Gasteiger charge is -2.26. The number of aliphatic hydroxyl groups excluding tert-OH is 1. The van der Waals surface area contributed by atoms with Crippen molar-refractivity contribution in [2.75, 3.05) is 18.5 Å². The molecule has 2 aliphatic rings. The molecule has 0 atom stereocenters. The number of aryl methyl sites for hydroxylation is 1. The first kappa shape index (κ1) is 30.0. The van der Waals surface area contributed by atoms with Gasteiger partial charge in [-0.25, -0.2) is 9.97 Å². The van der Waals surface area contributed by atoms with Crippen LogP contribution in [0.2, 0.25) is 0 Å². The standard InChI is InChI=1S/C38H36N6O4/c1-38(2)16-26-15-32-37(47)44(13-12-43(32)33(26)17-38)35-30(20-45)29(10-11-39-35)27-14-31(36(46)42(3)19-27)41-34-9-8-25(18-40-34)23-4-6-24(7-5-23)28-21-48-22-28/h4-15,18-19,28,45H,16-17,20-22H2,1-3H3,(H,40,41). The van der Waals surface area contributed by atoms with Gasteiger partial charge in [0.2, 0.25) is 0 Å². The van der Waals surface area contributed by atoms with Gasteiger partial charge in [0.25, 0.3) is 11.1 Å². The fourth-order valence-electron chi connectivity index (χ4n) is 7.04. The van der Waals surface area contributed by atoms with Crippen LogP contribution in [-0.2, 0) is 31.2 Å². The zero-order chi connectivity index (χ0) is 33.2. The molecule has 1 fully saturated rings. The van der Waals surface area contributed by atoms with E-state index in [2.05, 4.69) is 53.4 Å². The van der Waals surface area contributed by atoms with Gasteiger partial charge in [-0.15, -0.1) is 0 Å². The molecule has 1 aromatic carbocycles. The molecule has 0 saturated carbocycles. The molecule has 0 unspecified atom stereocenters. The second-order valence-electron chi connectivity index (χ2n) is 13.7. The van der Waals surface area contributed by atoms with Gasteiger partial charge in [-0.1, -0.05) is 38.1 Å². The summed E-state index contributed by atoms with van der Waals surface area (Å²) in [5.74, 6) is 1.34. The smallest absolute Gasteiger partial charge is 0.280 e. The Labute approximate surface area is 276 Å². The van der Waals surface area contributed by atoms with Crippen molar-refractivity contribution in [3.8, 4) is 28.1 Å². The molecular formula is C38H36N6O4. The van der Waals surface area contributed by atoms with Gasteiger partial charge in [-0.2, -0.15) is 0 Å². The van der Waals surface area contributed by atoms with Crippen molar-refractivity contribution in [1.82, 2.24) is 23.5 Å². The van der Waals surface area contributed by atoms with Crippen molar-refractivity contribution in [2.24, 2.45) is 12.5 Å². The number of pyridine rings is 3. The quantitative estimate of drug-likeness (QED) is 0.241. The second-order valence-corrected chi connectivity index (χ2v) is 13.7. The van der Waals surface area contributed by atoms with E-state index in [0.29, 0.717) is 45.4 Å². The molecule has 8 rings (SSSR count). The molecule has 0 bridgehead atoms. The normalized spacial score (nSPS) is 15.4. The molecular weight excluding hydrogens is 604 g/mol. The number of nitrogens with zero attached hydrogens (tertiary/aromatic N) is 5. The largest absolute Gasteiger partial charge is 0.392 e. The van der Waals surface area contributed by atoms with Gasteiger partial charge >= 0.3 is 0 Å². The van der Waals surface area contributed by atoms with E-state index < -0.39 is 0 Å². The topological polar surface area (TPSA) is 116 Å². The van der Waals surface area contributed by atoms with Crippen LogP contribution in [-0.4, -0.2) is 41.8 Å². The van der Waals surface area contributed by atoms with Crippen LogP contribution in [0.1, 0.15) is 42.1 Å². The van der Waals surface area contributed by atoms with E-state index in [9.17, 15) is 14.7 Å². The zero-order valence-electron chi connectivity index (χ0n) is 27.1. The van der Waals surface area contributed by atoms with E-state index in [-0.39, 0.29) is 23.1 Å². The molecule has 10 nitrogen and oxygen atoms in total. The van der Waals surface area contributed by atoms with Crippen LogP contribution in [0, 0.1) is 5.41 Å². The highest BCUT2D eigenvalue weighted by Crippen LogP contribution is 2.37. The Kier molecular flexibility index (Phi) is 7.15.